The van der Waals surface area contributed by atoms with E-state index in [0.717, 1.165) is 44.9 Å². The Balaban J connectivity index is 3.34. The van der Waals surface area contributed by atoms with Gasteiger partial charge in [0.2, 0.25) is 0 Å². The smallest absolute Gasteiger partial charge is 0.384 e. The maximum Gasteiger partial charge on any atom is 0.384 e. The molecule has 0 aliphatic carbocycles. The molecule has 0 unspecified atom stereocenters. The lowest BCUT2D eigenvalue weighted by molar-refractivity contribution is -0.133. The molecule has 0 heterocycles. The van der Waals surface area contributed by atoms with Crippen LogP contribution in [0.2, 0.25) is 0 Å². The van der Waals surface area contributed by atoms with E-state index in [0.29, 0.717) is 0 Å². The number of allylic oxidation sites excluding steroid dienone is 1. The predicted molar refractivity (Wildman–Crippen MR) is 74.7 cm³/mol. The van der Waals surface area contributed by atoms with E-state index in [1.807, 2.05) is 6.08 Å². The molecule has 18 heavy (non-hydrogen) atoms. The first-order valence-electron chi connectivity index (χ1n) is 6.44. The van der Waals surface area contributed by atoms with E-state index in [9.17, 15) is 4.79 Å². The van der Waals surface area contributed by atoms with Crippen LogP contribution in [0, 0.1) is 23.7 Å². The summed E-state index contributed by atoms with van der Waals surface area (Å²) in [7, 11) is 1.33. The number of unbranched alkanes of at least 4 members (excludes halogenated alkanes) is 6. The van der Waals surface area contributed by atoms with Gasteiger partial charge in [0.1, 0.15) is 0 Å². The third-order valence-corrected chi connectivity index (χ3v) is 2.31. The third-order valence-electron chi connectivity index (χ3n) is 2.31. The molecule has 0 saturated heterocycles. The Morgan fingerprint density at radius 2 is 1.61 bits per heavy atom. The molecule has 0 fully saturated rings. The lowest BCUT2D eigenvalue weighted by Gasteiger charge is -1.91. The summed E-state index contributed by atoms with van der Waals surface area (Å²) in [5, 5.41) is 0. The van der Waals surface area contributed by atoms with E-state index >= 15 is 0 Å². The summed E-state index contributed by atoms with van der Waals surface area (Å²) in [6.07, 6.45) is 10.0. The van der Waals surface area contributed by atoms with Gasteiger partial charge in [-0.1, -0.05) is 12.0 Å². The molecule has 0 radical (unpaired) electrons. The maximum absolute atomic E-state index is 10.7. The first-order chi connectivity index (χ1) is 8.81. The van der Waals surface area contributed by atoms with Gasteiger partial charge in [-0.25, -0.2) is 4.79 Å². The molecule has 0 bridgehead atoms. The van der Waals surface area contributed by atoms with Crippen LogP contribution < -0.4 is 0 Å². The van der Waals surface area contributed by atoms with Crippen LogP contribution in [-0.2, 0) is 9.53 Å². The zero-order valence-corrected chi connectivity index (χ0v) is 11.3. The molecule has 0 saturated carbocycles. The minimum Gasteiger partial charge on any atom is -0.459 e. The summed E-state index contributed by atoms with van der Waals surface area (Å²) in [4.78, 5) is 10.7. The summed E-state index contributed by atoms with van der Waals surface area (Å²) >= 11 is 0. The monoisotopic (exact) mass is 246 g/mol. The van der Waals surface area contributed by atoms with Crippen LogP contribution in [0.15, 0.2) is 12.7 Å². The number of carbonyl (C=O) groups is 1. The first-order valence-corrected chi connectivity index (χ1v) is 6.44. The van der Waals surface area contributed by atoms with Crippen molar-refractivity contribution in [1.29, 1.82) is 0 Å². The van der Waals surface area contributed by atoms with E-state index in [4.69, 9.17) is 0 Å². The number of carbonyl (C=O) groups excluding carboxylic acids is 1. The summed E-state index contributed by atoms with van der Waals surface area (Å²) in [6, 6.07) is 0. The molecular formula is C16H22O2. The Morgan fingerprint density at radius 3 is 2.17 bits per heavy atom. The van der Waals surface area contributed by atoms with Gasteiger partial charge in [0.05, 0.1) is 7.11 Å². The van der Waals surface area contributed by atoms with Crippen molar-refractivity contribution in [1.82, 2.24) is 0 Å². The highest BCUT2D eigenvalue weighted by molar-refractivity contribution is 5.88. The molecule has 98 valence electrons. The van der Waals surface area contributed by atoms with Crippen molar-refractivity contribution in [2.45, 2.75) is 51.4 Å². The number of hydrogen-bond donors (Lipinski definition) is 0. The van der Waals surface area contributed by atoms with E-state index in [2.05, 4.69) is 35.0 Å². The molecule has 0 aliphatic rings. The molecule has 2 heteroatoms. The van der Waals surface area contributed by atoms with Crippen molar-refractivity contribution in [2.24, 2.45) is 0 Å². The Labute approximate surface area is 111 Å². The van der Waals surface area contributed by atoms with Gasteiger partial charge in [-0.2, -0.15) is 0 Å². The molecule has 0 aromatic rings. The van der Waals surface area contributed by atoms with Gasteiger partial charge in [0.25, 0.3) is 0 Å². The highest BCUT2D eigenvalue weighted by Crippen LogP contribution is 2.00. The number of esters is 1. The molecule has 0 aromatic heterocycles. The lowest BCUT2D eigenvalue weighted by atomic mass is 10.1. The summed E-state index contributed by atoms with van der Waals surface area (Å²) in [6.45, 7) is 3.68. The molecule has 0 aliphatic heterocycles. The van der Waals surface area contributed by atoms with Gasteiger partial charge in [-0.05, 0) is 32.1 Å². The van der Waals surface area contributed by atoms with E-state index < -0.39 is 5.97 Å². The standard InChI is InChI=1S/C16H22O2/c1-3-4-5-6-7-8-9-10-11-12-13-14-15-16(17)18-2/h3H,1,4-7,10-13H2,2H3. The second-order valence-electron chi connectivity index (χ2n) is 3.89. The normalized spacial score (nSPS) is 8.50. The van der Waals surface area contributed by atoms with E-state index in [1.165, 1.54) is 13.5 Å². The van der Waals surface area contributed by atoms with Gasteiger partial charge < -0.3 is 4.74 Å². The average Bonchev–Trinajstić information content (AvgIpc) is 2.39. The van der Waals surface area contributed by atoms with Crippen LogP contribution >= 0.6 is 0 Å². The topological polar surface area (TPSA) is 26.3 Å². The zero-order valence-electron chi connectivity index (χ0n) is 11.3. The van der Waals surface area contributed by atoms with Crippen molar-refractivity contribution in [3.8, 4) is 23.7 Å². The van der Waals surface area contributed by atoms with Crippen molar-refractivity contribution < 1.29 is 9.53 Å². The summed E-state index contributed by atoms with van der Waals surface area (Å²) < 4.78 is 4.41. The molecule has 2 nitrogen and oxygen atoms in total. The number of ether oxygens (including phenoxy) is 1. The number of rotatable bonds is 7. The van der Waals surface area contributed by atoms with Gasteiger partial charge in [0.15, 0.2) is 0 Å². The Morgan fingerprint density at radius 1 is 1.06 bits per heavy atom. The SMILES string of the molecule is C=CCCCCC#CCCCCC#CC(=O)OC. The van der Waals surface area contributed by atoms with E-state index in [-0.39, 0.29) is 0 Å². The molecule has 0 atom stereocenters. The van der Waals surface area contributed by atoms with Crippen LogP contribution in [0.1, 0.15) is 51.4 Å². The van der Waals surface area contributed by atoms with Gasteiger partial charge >= 0.3 is 5.97 Å². The van der Waals surface area contributed by atoms with Gasteiger partial charge in [-0.15, -0.1) is 18.4 Å². The predicted octanol–water partition coefficient (Wildman–Crippen LogP) is 3.47. The first kappa shape index (κ1) is 16.3. The van der Waals surface area contributed by atoms with Crippen molar-refractivity contribution in [3.05, 3.63) is 12.7 Å². The molecule has 0 amide bonds. The minimum atomic E-state index is -0.464. The Bertz CT molecular complexity index is 347. The largest absolute Gasteiger partial charge is 0.459 e. The van der Waals surface area contributed by atoms with Crippen LogP contribution in [-0.4, -0.2) is 13.1 Å². The molecule has 0 spiro atoms. The molecule has 0 N–H and O–H groups in total. The average molecular weight is 246 g/mol. The lowest BCUT2D eigenvalue weighted by Crippen LogP contribution is -1.94. The van der Waals surface area contributed by atoms with Crippen LogP contribution in [0.3, 0.4) is 0 Å². The molecule has 0 rings (SSSR count). The highest BCUT2D eigenvalue weighted by atomic mass is 16.5. The third kappa shape index (κ3) is 12.4. The van der Waals surface area contributed by atoms with Crippen molar-refractivity contribution >= 4 is 5.97 Å². The van der Waals surface area contributed by atoms with Crippen molar-refractivity contribution in [2.75, 3.05) is 7.11 Å². The van der Waals surface area contributed by atoms with Crippen LogP contribution in [0.4, 0.5) is 0 Å². The van der Waals surface area contributed by atoms with Crippen LogP contribution in [0.5, 0.6) is 0 Å². The Kier molecular flexibility index (Phi) is 12.2. The minimum absolute atomic E-state index is 0.464. The Hall–Kier alpha value is -1.67. The second-order valence-corrected chi connectivity index (χ2v) is 3.89. The summed E-state index contributed by atoms with van der Waals surface area (Å²) in [5.41, 5.74) is 0. The van der Waals surface area contributed by atoms with Gasteiger partial charge in [0, 0.05) is 25.2 Å². The van der Waals surface area contributed by atoms with Gasteiger partial charge in [-0.3, -0.25) is 0 Å². The maximum atomic E-state index is 10.7. The van der Waals surface area contributed by atoms with E-state index in [1.54, 1.807) is 0 Å². The fraction of sp³-hybridized carbons (Fsp3) is 0.562. The number of hydrogen-bond acceptors (Lipinski definition) is 2. The zero-order chi connectivity index (χ0) is 13.5. The second kappa shape index (κ2) is 13.4. The fourth-order valence-corrected chi connectivity index (χ4v) is 1.29. The quantitative estimate of drug-likeness (QED) is 0.226. The highest BCUT2D eigenvalue weighted by Gasteiger charge is 1.88. The summed E-state index contributed by atoms with van der Waals surface area (Å²) in [5.74, 6) is 11.0. The van der Waals surface area contributed by atoms with Crippen LogP contribution in [0.25, 0.3) is 0 Å². The number of methoxy groups -OCH3 is 1. The molecular weight excluding hydrogens is 224 g/mol. The fourth-order valence-electron chi connectivity index (χ4n) is 1.29. The molecule has 0 aromatic carbocycles. The van der Waals surface area contributed by atoms with Crippen molar-refractivity contribution in [3.63, 3.8) is 0 Å².